The summed E-state index contributed by atoms with van der Waals surface area (Å²) in [6.07, 6.45) is 7.43. The summed E-state index contributed by atoms with van der Waals surface area (Å²) in [6, 6.07) is 33.3. The van der Waals surface area contributed by atoms with Crippen LogP contribution in [0.1, 0.15) is 75.1 Å². The molecule has 4 aliphatic heterocycles. The number of carboxylic acids is 4. The third kappa shape index (κ3) is 6.53. The molecular weight excluding hydrogens is 950 g/mol. The molecule has 306 valence electrons. The number of carboxylic acid groups (broad SMARTS) is 4. The Morgan fingerprint density at radius 3 is 1.00 bits per heavy atom. The van der Waals surface area contributed by atoms with E-state index in [1.165, 1.54) is 48.5 Å². The second kappa shape index (κ2) is 15.0. The van der Waals surface area contributed by atoms with Crippen LogP contribution in [0, 0.1) is 0 Å². The molecule has 6 heterocycles. The average Bonchev–Trinajstić information content (AvgIpc) is 4.11. The zero-order chi connectivity index (χ0) is 43.9. The first-order valence-electron chi connectivity index (χ1n) is 19.3. The van der Waals surface area contributed by atoms with Crippen LogP contribution in [0.2, 0.25) is 0 Å². The maximum atomic E-state index is 12.0. The monoisotopic (exact) mass is 978 g/mol. The third-order valence-corrected chi connectivity index (χ3v) is 21.7. The number of carbonyl (C=O) groups is 4. The summed E-state index contributed by atoms with van der Waals surface area (Å²) in [4.78, 5) is 58.5. The second-order valence-corrected chi connectivity index (χ2v) is 28.7. The van der Waals surface area contributed by atoms with E-state index < -0.39 is 40.5 Å². The second-order valence-electron chi connectivity index (χ2n) is 14.8. The van der Waals surface area contributed by atoms with Crippen molar-refractivity contribution in [2.75, 3.05) is 0 Å². The van der Waals surface area contributed by atoms with Gasteiger partial charge in [-0.15, -0.1) is 0 Å². The van der Waals surface area contributed by atoms with E-state index in [0.717, 1.165) is 0 Å². The molecule has 6 bridgehead atoms. The summed E-state index contributed by atoms with van der Waals surface area (Å²) in [5, 5.41) is 40.4. The number of fused-ring (bicyclic) bond motifs is 2. The molecule has 4 aliphatic rings. The molecule has 0 radical (unpaired) electrons. The molecule has 0 saturated heterocycles. The Labute approximate surface area is 368 Å². The van der Waals surface area contributed by atoms with Gasteiger partial charge in [0.05, 0.1) is 0 Å². The summed E-state index contributed by atoms with van der Waals surface area (Å²) in [7, 11) is 16.6. The molecule has 0 fully saturated rings. The van der Waals surface area contributed by atoms with Gasteiger partial charge in [-0.2, -0.15) is 0 Å². The average molecular weight is 978 g/mol. The van der Waals surface area contributed by atoms with Crippen molar-refractivity contribution in [3.05, 3.63) is 224 Å². The van der Waals surface area contributed by atoms with Gasteiger partial charge in [-0.05, 0) is 0 Å². The van der Waals surface area contributed by atoms with Gasteiger partial charge in [0.25, 0.3) is 0 Å². The van der Waals surface area contributed by atoms with Crippen molar-refractivity contribution in [2.24, 2.45) is 9.98 Å². The van der Waals surface area contributed by atoms with E-state index in [-0.39, 0.29) is 22.3 Å². The first-order chi connectivity index (χ1) is 30.3. The minimum atomic E-state index is -5.47. The van der Waals surface area contributed by atoms with Gasteiger partial charge in [-0.25, -0.2) is 0 Å². The first kappa shape index (κ1) is 39.8. The number of nitrogens with zero attached hydrogens (tertiary/aromatic N) is 4. The minimum absolute atomic E-state index is 0.0804. The van der Waals surface area contributed by atoms with Gasteiger partial charge in [0, 0.05) is 0 Å². The molecule has 4 aromatic carbocycles. The number of aromatic nitrogens is 2. The molecule has 6 aromatic rings. The van der Waals surface area contributed by atoms with Crippen LogP contribution in [-0.4, -0.2) is 78.0 Å². The number of aliphatic imine (C=N–C) groups is 2. The SMILES string of the molecule is O=C(O)c1ccc(C2=C3C=CC(=N3)C(c3ccc(C(=O)O)cc3)=c3ccc4[n]3[Sn]([Cl])([Cl])[n]3c2ccc3C(c2ccc(C(=O)O)cc2)=C2C=CC(=N2)C=4c2ccc(C(=O)O)cc2)cc1. The van der Waals surface area contributed by atoms with Crippen molar-refractivity contribution >= 4 is 92.1 Å². The number of aromatic carboxylic acids is 4. The summed E-state index contributed by atoms with van der Waals surface area (Å²) in [5.74, 6) is -4.38. The number of allylic oxidation sites excluding steroid dienone is 4. The van der Waals surface area contributed by atoms with Gasteiger partial charge in [0.2, 0.25) is 0 Å². The first-order valence-corrected chi connectivity index (χ1v) is 29.0. The Morgan fingerprint density at radius 1 is 0.397 bits per heavy atom. The summed E-state index contributed by atoms with van der Waals surface area (Å²) < 4.78 is 3.89. The molecule has 0 atom stereocenters. The third-order valence-electron chi connectivity index (χ3n) is 11.3. The van der Waals surface area contributed by atoms with Crippen molar-refractivity contribution in [3.63, 3.8) is 0 Å². The molecule has 0 unspecified atom stereocenters. The van der Waals surface area contributed by atoms with Crippen LogP contribution in [0.15, 0.2) is 167 Å². The van der Waals surface area contributed by atoms with E-state index in [2.05, 4.69) is 0 Å². The number of halogens is 2. The van der Waals surface area contributed by atoms with Gasteiger partial charge >= 0.3 is 371 Å². The number of benzene rings is 4. The van der Waals surface area contributed by atoms with Crippen LogP contribution in [0.4, 0.5) is 0 Å². The topological polar surface area (TPSA) is 184 Å². The molecule has 2 aromatic heterocycles. The van der Waals surface area contributed by atoms with E-state index in [4.69, 9.17) is 27.8 Å². The van der Waals surface area contributed by atoms with Crippen molar-refractivity contribution < 1.29 is 39.6 Å². The fourth-order valence-corrected chi connectivity index (χ4v) is 19.3. The van der Waals surface area contributed by atoms with Gasteiger partial charge in [0.15, 0.2) is 0 Å². The van der Waals surface area contributed by atoms with Crippen molar-refractivity contribution in [3.8, 4) is 0 Å². The van der Waals surface area contributed by atoms with Crippen molar-refractivity contribution in [2.45, 2.75) is 0 Å². The Kier molecular flexibility index (Phi) is 9.47. The molecule has 63 heavy (non-hydrogen) atoms. The van der Waals surface area contributed by atoms with E-state index >= 15 is 0 Å². The molecule has 0 spiro atoms. The Morgan fingerprint density at radius 2 is 0.698 bits per heavy atom. The molecule has 12 nitrogen and oxygen atoms in total. The standard InChI is InChI=1S/C48H30N4O8.2ClH.Sn/c53-45(54)29-9-1-25(2-10-29)41-33-17-19-35(49-33)42(26-3-11-30(12-4-26)46(55)56)37-21-23-39(51-37)44(28-7-15-32(16-8-28)48(59)60)40-24-22-38(52-40)43(36-20-18-34(41)50-36)27-5-13-31(14-6-27)47(57)58;;;/h1-24H,(H6,49,50,51,52,53,54,55,56,57,58,59,60);2*1H;/q;;;+4/p-4. The molecule has 4 N–H and O–H groups in total. The molecule has 10 rings (SSSR count). The maximum absolute atomic E-state index is 12.0. The number of hydrogen-bond donors (Lipinski definition) is 4. The van der Waals surface area contributed by atoms with Crippen LogP contribution in [0.3, 0.4) is 0 Å². The summed E-state index contributed by atoms with van der Waals surface area (Å²) >= 11 is -5.47. The van der Waals surface area contributed by atoms with E-state index in [9.17, 15) is 39.6 Å². The predicted molar refractivity (Wildman–Crippen MR) is 240 cm³/mol. The number of rotatable bonds is 8. The van der Waals surface area contributed by atoms with E-state index in [1.54, 1.807) is 48.5 Å². The van der Waals surface area contributed by atoms with Crippen LogP contribution in [0.25, 0.3) is 22.3 Å². The molecule has 0 aliphatic carbocycles. The van der Waals surface area contributed by atoms with Crippen LogP contribution < -0.4 is 10.7 Å². The van der Waals surface area contributed by atoms with Crippen molar-refractivity contribution in [1.82, 2.24) is 5.58 Å². The normalized spacial score (nSPS) is 15.7. The zero-order valence-electron chi connectivity index (χ0n) is 32.3. The molecule has 15 heteroatoms. The van der Waals surface area contributed by atoms with Crippen LogP contribution >= 0.6 is 17.8 Å². The summed E-state index contributed by atoms with van der Waals surface area (Å²) in [6.45, 7) is 0. The Hall–Kier alpha value is -7.26. The van der Waals surface area contributed by atoms with Gasteiger partial charge in [-0.1, -0.05) is 0 Å². The Bertz CT molecular complexity index is 3170. The van der Waals surface area contributed by atoms with Gasteiger partial charge in [-0.3, -0.25) is 0 Å². The van der Waals surface area contributed by atoms with Crippen LogP contribution in [0.5, 0.6) is 0 Å². The summed E-state index contributed by atoms with van der Waals surface area (Å²) in [5.41, 5.74) is 8.37. The zero-order valence-corrected chi connectivity index (χ0v) is 36.7. The Balaban J connectivity index is 1.41. The van der Waals surface area contributed by atoms with Crippen LogP contribution in [-0.2, 0) is 0 Å². The predicted octanol–water partition coefficient (Wildman–Crippen LogP) is 7.36. The van der Waals surface area contributed by atoms with Crippen molar-refractivity contribution in [1.29, 1.82) is 0 Å². The fraction of sp³-hybridized carbons (Fsp3) is 0. The van der Waals surface area contributed by atoms with E-state index in [0.29, 0.717) is 89.4 Å². The molecule has 0 amide bonds. The molecular formula is C48H28Cl2N4O8Sn. The quantitative estimate of drug-likeness (QED) is 0.114. The number of hydrogen-bond acceptors (Lipinski definition) is 6. The van der Waals surface area contributed by atoms with E-state index in [1.807, 2.05) is 54.1 Å². The van der Waals surface area contributed by atoms with Gasteiger partial charge < -0.3 is 0 Å². The van der Waals surface area contributed by atoms with Gasteiger partial charge in [0.1, 0.15) is 0 Å². The fourth-order valence-electron chi connectivity index (χ4n) is 8.44. The molecule has 0 saturated carbocycles.